The number of hydrogen-bond acceptors (Lipinski definition) is 3. The third kappa shape index (κ3) is 2.87. The highest BCUT2D eigenvalue weighted by Crippen LogP contribution is 2.30. The topological polar surface area (TPSA) is 57.6 Å². The molecule has 1 aromatic rings. The van der Waals surface area contributed by atoms with E-state index in [0.29, 0.717) is 13.0 Å². The number of thiophene rings is 1. The number of carboxylic acid groups (broad SMARTS) is 1. The molecule has 2 heterocycles. The van der Waals surface area contributed by atoms with E-state index < -0.39 is 11.4 Å². The highest BCUT2D eigenvalue weighted by Gasteiger charge is 2.41. The maximum absolute atomic E-state index is 12.0. The number of likely N-dealkylation sites (tertiary alicyclic amines) is 1. The molecule has 1 aliphatic rings. The van der Waals surface area contributed by atoms with Crippen LogP contribution in [0.5, 0.6) is 0 Å². The first-order chi connectivity index (χ1) is 8.92. The van der Waals surface area contributed by atoms with Crippen molar-refractivity contribution in [1.29, 1.82) is 0 Å². The molecule has 0 saturated carbocycles. The van der Waals surface area contributed by atoms with Crippen LogP contribution in [0, 0.1) is 12.3 Å². The smallest absolute Gasteiger partial charge is 0.311 e. The molecule has 0 spiro atoms. The van der Waals surface area contributed by atoms with Crippen LogP contribution in [0.1, 0.15) is 23.8 Å². The molecule has 1 saturated heterocycles. The van der Waals surface area contributed by atoms with E-state index in [4.69, 9.17) is 5.11 Å². The Bertz CT molecular complexity index is 535. The number of amides is 1. The SMILES string of the molecule is Cc1ccsc1/C=C/C(=O)N1CCC(C)(C(=O)O)C1. The molecular formula is C14H17NO3S. The van der Waals surface area contributed by atoms with Crippen molar-refractivity contribution < 1.29 is 14.7 Å². The van der Waals surface area contributed by atoms with Gasteiger partial charge in [0.15, 0.2) is 0 Å². The second-order valence-electron chi connectivity index (χ2n) is 5.18. The van der Waals surface area contributed by atoms with E-state index in [1.165, 1.54) is 6.08 Å². The zero-order valence-corrected chi connectivity index (χ0v) is 11.9. The van der Waals surface area contributed by atoms with Crippen LogP contribution in [0.4, 0.5) is 0 Å². The zero-order chi connectivity index (χ0) is 14.0. The number of hydrogen-bond donors (Lipinski definition) is 1. The third-order valence-corrected chi connectivity index (χ3v) is 4.56. The molecule has 4 nitrogen and oxygen atoms in total. The number of carboxylic acids is 1. The molecule has 5 heteroatoms. The molecule has 1 amide bonds. The number of aliphatic carboxylic acids is 1. The predicted molar refractivity (Wildman–Crippen MR) is 75.0 cm³/mol. The molecule has 1 aromatic heterocycles. The fourth-order valence-electron chi connectivity index (χ4n) is 2.13. The summed E-state index contributed by atoms with van der Waals surface area (Å²) >= 11 is 1.59. The van der Waals surface area contributed by atoms with E-state index in [1.54, 1.807) is 29.2 Å². The molecule has 0 aromatic carbocycles. The Morgan fingerprint density at radius 1 is 1.53 bits per heavy atom. The maximum Gasteiger partial charge on any atom is 0.311 e. The van der Waals surface area contributed by atoms with E-state index in [0.717, 1.165) is 10.4 Å². The molecule has 0 bridgehead atoms. The Labute approximate surface area is 116 Å². The van der Waals surface area contributed by atoms with E-state index >= 15 is 0 Å². The number of carbonyl (C=O) groups is 2. The van der Waals surface area contributed by atoms with Gasteiger partial charge in [0.05, 0.1) is 5.41 Å². The van der Waals surface area contributed by atoms with E-state index in [1.807, 2.05) is 18.4 Å². The van der Waals surface area contributed by atoms with Gasteiger partial charge >= 0.3 is 5.97 Å². The predicted octanol–water partition coefficient (Wildman–Crippen LogP) is 2.39. The Kier molecular flexibility index (Phi) is 3.75. The van der Waals surface area contributed by atoms with E-state index in [2.05, 4.69) is 0 Å². The van der Waals surface area contributed by atoms with Gasteiger partial charge in [-0.15, -0.1) is 11.3 Å². The quantitative estimate of drug-likeness (QED) is 0.864. The van der Waals surface area contributed by atoms with Crippen LogP contribution in [0.3, 0.4) is 0 Å². The van der Waals surface area contributed by atoms with Crippen LogP contribution in [0.25, 0.3) is 6.08 Å². The molecule has 0 radical (unpaired) electrons. The Morgan fingerprint density at radius 2 is 2.26 bits per heavy atom. The second kappa shape index (κ2) is 5.17. The van der Waals surface area contributed by atoms with Gasteiger partial charge in [0.25, 0.3) is 0 Å². The number of carbonyl (C=O) groups excluding carboxylic acids is 1. The normalized spacial score (nSPS) is 23.2. The minimum atomic E-state index is -0.833. The molecule has 1 atom stereocenters. The first-order valence-electron chi connectivity index (χ1n) is 6.17. The summed E-state index contributed by atoms with van der Waals surface area (Å²) in [6.07, 6.45) is 3.85. The number of nitrogens with zero attached hydrogens (tertiary/aromatic N) is 1. The average molecular weight is 279 g/mol. The van der Waals surface area contributed by atoms with Crippen LogP contribution in [-0.2, 0) is 9.59 Å². The van der Waals surface area contributed by atoms with Crippen molar-refractivity contribution in [2.45, 2.75) is 20.3 Å². The van der Waals surface area contributed by atoms with Gasteiger partial charge in [0, 0.05) is 24.0 Å². The van der Waals surface area contributed by atoms with Crippen molar-refractivity contribution in [2.75, 3.05) is 13.1 Å². The third-order valence-electron chi connectivity index (χ3n) is 3.58. The van der Waals surface area contributed by atoms with Gasteiger partial charge in [0.1, 0.15) is 0 Å². The van der Waals surface area contributed by atoms with Crippen molar-refractivity contribution in [3.63, 3.8) is 0 Å². The van der Waals surface area contributed by atoms with Crippen molar-refractivity contribution >= 4 is 29.3 Å². The summed E-state index contributed by atoms with van der Waals surface area (Å²) in [6.45, 7) is 4.48. The van der Waals surface area contributed by atoms with Crippen molar-refractivity contribution in [2.24, 2.45) is 5.41 Å². The first-order valence-corrected chi connectivity index (χ1v) is 7.05. The van der Waals surface area contributed by atoms with E-state index in [-0.39, 0.29) is 12.5 Å². The highest BCUT2D eigenvalue weighted by molar-refractivity contribution is 7.11. The summed E-state index contributed by atoms with van der Waals surface area (Å²) in [5.41, 5.74) is 0.341. The van der Waals surface area contributed by atoms with Gasteiger partial charge in [-0.3, -0.25) is 9.59 Å². The lowest BCUT2D eigenvalue weighted by Gasteiger charge is -2.18. The summed E-state index contributed by atoms with van der Waals surface area (Å²) in [5, 5.41) is 11.1. The van der Waals surface area contributed by atoms with Crippen LogP contribution in [0.2, 0.25) is 0 Å². The standard InChI is InChI=1S/C14H17NO3S/c1-10-5-8-19-11(10)3-4-12(16)15-7-6-14(2,9-15)13(17)18/h3-5,8H,6-7,9H2,1-2H3,(H,17,18)/b4-3+. The molecule has 2 rings (SSSR count). The lowest BCUT2D eigenvalue weighted by atomic mass is 9.90. The summed E-state index contributed by atoms with van der Waals surface area (Å²) < 4.78 is 0. The molecule has 102 valence electrons. The fraction of sp³-hybridized carbons (Fsp3) is 0.429. The monoisotopic (exact) mass is 279 g/mol. The molecule has 1 unspecified atom stereocenters. The van der Waals surface area contributed by atoms with Crippen LogP contribution >= 0.6 is 11.3 Å². The zero-order valence-electron chi connectivity index (χ0n) is 11.0. The van der Waals surface area contributed by atoms with Gasteiger partial charge in [0.2, 0.25) is 5.91 Å². The maximum atomic E-state index is 12.0. The van der Waals surface area contributed by atoms with Crippen LogP contribution in [0.15, 0.2) is 17.5 Å². The molecular weight excluding hydrogens is 262 g/mol. The van der Waals surface area contributed by atoms with Gasteiger partial charge in [-0.05, 0) is 43.4 Å². The summed E-state index contributed by atoms with van der Waals surface area (Å²) in [5.74, 6) is -0.946. The highest BCUT2D eigenvalue weighted by atomic mass is 32.1. The Balaban J connectivity index is 2.01. The van der Waals surface area contributed by atoms with Crippen molar-refractivity contribution in [1.82, 2.24) is 4.90 Å². The molecule has 1 N–H and O–H groups in total. The van der Waals surface area contributed by atoms with Crippen LogP contribution < -0.4 is 0 Å². The van der Waals surface area contributed by atoms with Gasteiger partial charge in [-0.1, -0.05) is 0 Å². The minimum absolute atomic E-state index is 0.113. The molecule has 1 fully saturated rings. The lowest BCUT2D eigenvalue weighted by Crippen LogP contribution is -2.34. The largest absolute Gasteiger partial charge is 0.481 e. The van der Waals surface area contributed by atoms with Gasteiger partial charge < -0.3 is 10.0 Å². The van der Waals surface area contributed by atoms with Gasteiger partial charge in [-0.2, -0.15) is 0 Å². The molecule has 19 heavy (non-hydrogen) atoms. The Hall–Kier alpha value is -1.62. The van der Waals surface area contributed by atoms with E-state index in [9.17, 15) is 9.59 Å². The summed E-state index contributed by atoms with van der Waals surface area (Å²) in [7, 11) is 0. The van der Waals surface area contributed by atoms with Crippen LogP contribution in [-0.4, -0.2) is 35.0 Å². The number of rotatable bonds is 3. The van der Waals surface area contributed by atoms with Gasteiger partial charge in [-0.25, -0.2) is 0 Å². The average Bonchev–Trinajstić information content (AvgIpc) is 2.94. The second-order valence-corrected chi connectivity index (χ2v) is 6.12. The van der Waals surface area contributed by atoms with Crippen molar-refractivity contribution in [3.8, 4) is 0 Å². The minimum Gasteiger partial charge on any atom is -0.481 e. The lowest BCUT2D eigenvalue weighted by molar-refractivity contribution is -0.147. The first kappa shape index (κ1) is 13.8. The van der Waals surface area contributed by atoms with Crippen molar-refractivity contribution in [3.05, 3.63) is 28.0 Å². The Morgan fingerprint density at radius 3 is 2.79 bits per heavy atom. The molecule has 1 aliphatic heterocycles. The molecule has 0 aliphatic carbocycles. The number of aryl methyl sites for hydroxylation is 1. The fourth-order valence-corrected chi connectivity index (χ4v) is 2.95. The summed E-state index contributed by atoms with van der Waals surface area (Å²) in [4.78, 5) is 25.8. The summed E-state index contributed by atoms with van der Waals surface area (Å²) in [6, 6.07) is 2.01.